The zero-order chi connectivity index (χ0) is 19.3. The molecular weight excluding hydrogens is 374 g/mol. The summed E-state index contributed by atoms with van der Waals surface area (Å²) in [4.78, 5) is 25.5. The summed E-state index contributed by atoms with van der Waals surface area (Å²) in [6, 6.07) is 17.6. The molecule has 1 amide bonds. The van der Waals surface area contributed by atoms with Crippen molar-refractivity contribution in [1.29, 1.82) is 0 Å². The number of aromatic nitrogens is 1. The molecule has 2 N–H and O–H groups in total. The zero-order valence-corrected chi connectivity index (χ0v) is 15.6. The molecule has 6 nitrogen and oxygen atoms in total. The Morgan fingerprint density at radius 3 is 2.61 bits per heavy atom. The molecule has 0 bridgehead atoms. The standard InChI is InChI=1S/C21H17N3O3S/c25-16-9-10-23-19(20(16)26)21(27)22-12-24(23)18-14-6-2-1-5-13(14)11-28-17-8-4-3-7-15(17)18/h1-10,18,26H,11-12H2,(H,22,27)/t18-/m0/s1. The van der Waals surface area contributed by atoms with Crippen molar-refractivity contribution < 1.29 is 9.90 Å². The highest BCUT2D eigenvalue weighted by atomic mass is 32.2. The molecule has 0 radical (unpaired) electrons. The molecule has 1 aromatic heterocycles. The Morgan fingerprint density at radius 1 is 1.00 bits per heavy atom. The molecule has 0 saturated carbocycles. The Bertz CT molecular complexity index is 1110. The molecule has 7 heteroatoms. The van der Waals surface area contributed by atoms with Gasteiger partial charge in [-0.15, -0.1) is 11.8 Å². The Balaban J connectivity index is 1.77. The Labute approximate surface area is 165 Å². The first-order valence-electron chi connectivity index (χ1n) is 8.94. The average Bonchev–Trinajstić information content (AvgIpc) is 2.88. The first kappa shape index (κ1) is 16.9. The Hall–Kier alpha value is -3.19. The molecule has 0 spiro atoms. The van der Waals surface area contributed by atoms with E-state index in [2.05, 4.69) is 29.6 Å². The number of hydrogen-bond donors (Lipinski definition) is 2. The van der Waals surface area contributed by atoms with Gasteiger partial charge in [0.05, 0.1) is 6.04 Å². The third-order valence-electron chi connectivity index (χ3n) is 5.19. The van der Waals surface area contributed by atoms with Crippen molar-refractivity contribution in [2.24, 2.45) is 0 Å². The van der Waals surface area contributed by atoms with Gasteiger partial charge in [0.25, 0.3) is 5.91 Å². The number of rotatable bonds is 1. The lowest BCUT2D eigenvalue weighted by molar-refractivity contribution is 0.0915. The third kappa shape index (κ3) is 2.51. The number of pyridine rings is 1. The third-order valence-corrected chi connectivity index (χ3v) is 6.33. The molecule has 2 aliphatic heterocycles. The fourth-order valence-electron chi connectivity index (χ4n) is 3.89. The van der Waals surface area contributed by atoms with Gasteiger partial charge < -0.3 is 10.4 Å². The average molecular weight is 391 g/mol. The van der Waals surface area contributed by atoms with Gasteiger partial charge in [-0.1, -0.05) is 42.5 Å². The molecular formula is C21H17N3O3S. The van der Waals surface area contributed by atoms with E-state index < -0.39 is 17.1 Å². The van der Waals surface area contributed by atoms with E-state index in [0.717, 1.165) is 16.9 Å². The normalized spacial score (nSPS) is 17.8. The van der Waals surface area contributed by atoms with Gasteiger partial charge in [0.15, 0.2) is 11.4 Å². The van der Waals surface area contributed by atoms with Crippen molar-refractivity contribution in [2.75, 3.05) is 11.7 Å². The number of hydrogen-bond acceptors (Lipinski definition) is 5. The van der Waals surface area contributed by atoms with Crippen molar-refractivity contribution in [2.45, 2.75) is 16.7 Å². The maximum Gasteiger partial charge on any atom is 0.275 e. The quantitative estimate of drug-likeness (QED) is 0.667. The van der Waals surface area contributed by atoms with Crippen LogP contribution in [0.1, 0.15) is 33.2 Å². The van der Waals surface area contributed by atoms with Crippen molar-refractivity contribution in [3.8, 4) is 5.75 Å². The zero-order valence-electron chi connectivity index (χ0n) is 14.8. The maximum absolute atomic E-state index is 12.4. The number of amides is 1. The van der Waals surface area contributed by atoms with Crippen LogP contribution in [0.3, 0.4) is 0 Å². The number of benzene rings is 2. The van der Waals surface area contributed by atoms with E-state index in [1.54, 1.807) is 22.6 Å². The second kappa shape index (κ2) is 6.45. The van der Waals surface area contributed by atoms with E-state index in [9.17, 15) is 14.7 Å². The second-order valence-corrected chi connectivity index (χ2v) is 7.77. The number of nitrogens with one attached hydrogen (secondary N) is 1. The van der Waals surface area contributed by atoms with Crippen molar-refractivity contribution in [1.82, 2.24) is 9.99 Å². The molecule has 3 aromatic rings. The highest BCUT2D eigenvalue weighted by Crippen LogP contribution is 2.42. The number of fused-ring (bicyclic) bond motifs is 3. The van der Waals surface area contributed by atoms with Crippen molar-refractivity contribution in [3.05, 3.63) is 93.4 Å². The number of carbonyl (C=O) groups excluding carboxylic acids is 1. The van der Waals surface area contributed by atoms with Gasteiger partial charge in [0.1, 0.15) is 6.67 Å². The summed E-state index contributed by atoms with van der Waals surface area (Å²) in [5.74, 6) is -0.142. The lowest BCUT2D eigenvalue weighted by Gasteiger charge is -2.40. The predicted octanol–water partition coefficient (Wildman–Crippen LogP) is 2.59. The van der Waals surface area contributed by atoms with Gasteiger partial charge in [-0.25, -0.2) is 0 Å². The van der Waals surface area contributed by atoms with Crippen LogP contribution in [0.5, 0.6) is 5.75 Å². The molecule has 0 saturated heterocycles. The summed E-state index contributed by atoms with van der Waals surface area (Å²) < 4.78 is 1.60. The van der Waals surface area contributed by atoms with Crippen LogP contribution < -0.4 is 15.8 Å². The van der Waals surface area contributed by atoms with Crippen LogP contribution in [0, 0.1) is 0 Å². The lowest BCUT2D eigenvalue weighted by atomic mass is 9.94. The summed E-state index contributed by atoms with van der Waals surface area (Å²) in [6.07, 6.45) is 1.55. The molecule has 0 fully saturated rings. The summed E-state index contributed by atoms with van der Waals surface area (Å²) >= 11 is 1.78. The van der Waals surface area contributed by atoms with Crippen LogP contribution in [0.25, 0.3) is 0 Å². The molecule has 2 aromatic carbocycles. The molecule has 28 heavy (non-hydrogen) atoms. The van der Waals surface area contributed by atoms with Gasteiger partial charge in [-0.3, -0.25) is 19.3 Å². The van der Waals surface area contributed by atoms with Crippen LogP contribution in [-0.4, -0.2) is 22.4 Å². The molecule has 0 unspecified atom stereocenters. The molecule has 140 valence electrons. The topological polar surface area (TPSA) is 74.6 Å². The van der Waals surface area contributed by atoms with Gasteiger partial charge in [-0.05, 0) is 22.8 Å². The van der Waals surface area contributed by atoms with Crippen LogP contribution >= 0.6 is 11.8 Å². The van der Waals surface area contributed by atoms with Gasteiger partial charge in [-0.2, -0.15) is 0 Å². The van der Waals surface area contributed by atoms with E-state index in [1.165, 1.54) is 16.5 Å². The molecule has 3 heterocycles. The first-order chi connectivity index (χ1) is 13.6. The largest absolute Gasteiger partial charge is 0.502 e. The summed E-state index contributed by atoms with van der Waals surface area (Å²) in [7, 11) is 0. The monoisotopic (exact) mass is 391 g/mol. The highest BCUT2D eigenvalue weighted by Gasteiger charge is 2.34. The van der Waals surface area contributed by atoms with E-state index in [4.69, 9.17) is 0 Å². The fraction of sp³-hybridized carbons (Fsp3) is 0.143. The number of aromatic hydroxyl groups is 1. The summed E-state index contributed by atoms with van der Waals surface area (Å²) in [5, 5.41) is 15.0. The molecule has 0 aliphatic carbocycles. The summed E-state index contributed by atoms with van der Waals surface area (Å²) in [6.45, 7) is 0.256. The van der Waals surface area contributed by atoms with Crippen LogP contribution in [0.4, 0.5) is 0 Å². The smallest absolute Gasteiger partial charge is 0.275 e. The summed E-state index contributed by atoms with van der Waals surface area (Å²) in [5.41, 5.74) is 2.88. The fourth-order valence-corrected chi connectivity index (χ4v) is 4.98. The Morgan fingerprint density at radius 2 is 1.75 bits per heavy atom. The van der Waals surface area contributed by atoms with Crippen LogP contribution in [0.2, 0.25) is 0 Å². The van der Waals surface area contributed by atoms with E-state index in [0.29, 0.717) is 0 Å². The van der Waals surface area contributed by atoms with Crippen molar-refractivity contribution >= 4 is 17.7 Å². The first-order valence-corrected chi connectivity index (χ1v) is 9.93. The van der Waals surface area contributed by atoms with Gasteiger partial charge in [0.2, 0.25) is 5.43 Å². The van der Waals surface area contributed by atoms with E-state index in [1.807, 2.05) is 29.3 Å². The van der Waals surface area contributed by atoms with Crippen LogP contribution in [0.15, 0.2) is 70.5 Å². The number of thioether (sulfide) groups is 1. The maximum atomic E-state index is 12.4. The minimum atomic E-state index is -0.569. The van der Waals surface area contributed by atoms with E-state index in [-0.39, 0.29) is 18.4 Å². The SMILES string of the molecule is O=C1NCN([C@H]2c3ccccc3CSc3ccccc32)n2ccc(=O)c(O)c21. The van der Waals surface area contributed by atoms with Gasteiger partial charge in [0, 0.05) is 22.9 Å². The highest BCUT2D eigenvalue weighted by molar-refractivity contribution is 7.98. The predicted molar refractivity (Wildman–Crippen MR) is 107 cm³/mol. The van der Waals surface area contributed by atoms with Gasteiger partial charge >= 0.3 is 0 Å². The minimum absolute atomic E-state index is 0.0365. The lowest BCUT2D eigenvalue weighted by Crippen LogP contribution is -2.53. The van der Waals surface area contributed by atoms with Crippen LogP contribution in [-0.2, 0) is 5.75 Å². The van der Waals surface area contributed by atoms with Crippen molar-refractivity contribution in [3.63, 3.8) is 0 Å². The molecule has 1 atom stereocenters. The number of carbonyl (C=O) groups is 1. The van der Waals surface area contributed by atoms with E-state index >= 15 is 0 Å². The second-order valence-electron chi connectivity index (χ2n) is 6.75. The minimum Gasteiger partial charge on any atom is -0.502 e. The molecule has 5 rings (SSSR count). The number of nitrogens with zero attached hydrogens (tertiary/aromatic N) is 2. The Kier molecular flexibility index (Phi) is 3.91. The molecule has 2 aliphatic rings.